The maximum absolute atomic E-state index is 13.1. The van der Waals surface area contributed by atoms with Crippen molar-refractivity contribution in [2.24, 2.45) is 0 Å². The number of benzene rings is 2. The normalized spacial score (nSPS) is 15.7. The van der Waals surface area contributed by atoms with Crippen molar-refractivity contribution >= 4 is 5.91 Å². The highest BCUT2D eigenvalue weighted by Crippen LogP contribution is 2.32. The monoisotopic (exact) mass is 432 g/mol. The van der Waals surface area contributed by atoms with Crippen LogP contribution in [0.25, 0.3) is 5.69 Å². The zero-order valence-corrected chi connectivity index (χ0v) is 17.9. The molecule has 0 aliphatic carbocycles. The molecule has 8 heteroatoms. The van der Waals surface area contributed by atoms with E-state index in [2.05, 4.69) is 10.00 Å². The molecule has 1 amide bonds. The van der Waals surface area contributed by atoms with Crippen LogP contribution in [0, 0.1) is 6.92 Å². The first-order valence-corrected chi connectivity index (χ1v) is 10.6. The quantitative estimate of drug-likeness (QED) is 0.629. The fourth-order valence-corrected chi connectivity index (χ4v) is 4.08. The van der Waals surface area contributed by atoms with Crippen LogP contribution in [0.1, 0.15) is 21.7 Å². The van der Waals surface area contributed by atoms with Crippen LogP contribution in [-0.4, -0.2) is 58.5 Å². The molecule has 8 nitrogen and oxygen atoms in total. The van der Waals surface area contributed by atoms with Crippen LogP contribution in [0.5, 0.6) is 11.5 Å². The standard InChI is InChI=1S/C24H24N4O4/c1-17-13-20(29)23(25-28(17)19-5-3-2-4-6-19)24(30)27-11-9-26(10-12-27)15-18-7-8-21-22(14-18)32-16-31-21/h2-8,13-14H,9-12,15-16H2,1H3. The Morgan fingerprint density at radius 2 is 1.72 bits per heavy atom. The summed E-state index contributed by atoms with van der Waals surface area (Å²) in [6.07, 6.45) is 0. The van der Waals surface area contributed by atoms with Gasteiger partial charge in [-0.3, -0.25) is 14.5 Å². The van der Waals surface area contributed by atoms with Crippen molar-refractivity contribution in [1.29, 1.82) is 0 Å². The Labute approximate surface area is 185 Å². The second-order valence-corrected chi connectivity index (χ2v) is 8.00. The van der Waals surface area contributed by atoms with Gasteiger partial charge in [-0.05, 0) is 36.8 Å². The van der Waals surface area contributed by atoms with Gasteiger partial charge in [0, 0.05) is 44.5 Å². The van der Waals surface area contributed by atoms with Crippen molar-refractivity contribution < 1.29 is 14.3 Å². The molecule has 0 bridgehead atoms. The van der Waals surface area contributed by atoms with E-state index in [1.165, 1.54) is 6.07 Å². The predicted octanol–water partition coefficient (Wildman–Crippen LogP) is 2.23. The van der Waals surface area contributed by atoms with Gasteiger partial charge < -0.3 is 14.4 Å². The zero-order chi connectivity index (χ0) is 22.1. The van der Waals surface area contributed by atoms with Gasteiger partial charge in [0.05, 0.1) is 5.69 Å². The van der Waals surface area contributed by atoms with Gasteiger partial charge in [0.1, 0.15) is 0 Å². The molecule has 2 aliphatic heterocycles. The lowest BCUT2D eigenvalue weighted by Gasteiger charge is -2.34. The van der Waals surface area contributed by atoms with E-state index in [0.717, 1.165) is 42.4 Å². The number of amides is 1. The van der Waals surface area contributed by atoms with E-state index < -0.39 is 0 Å². The highest BCUT2D eigenvalue weighted by atomic mass is 16.7. The molecule has 0 saturated carbocycles. The van der Waals surface area contributed by atoms with Crippen molar-refractivity contribution in [3.8, 4) is 17.2 Å². The second-order valence-electron chi connectivity index (χ2n) is 8.00. The van der Waals surface area contributed by atoms with Crippen LogP contribution in [0.3, 0.4) is 0 Å². The molecule has 5 rings (SSSR count). The molecule has 2 aliphatic rings. The summed E-state index contributed by atoms with van der Waals surface area (Å²) in [5.74, 6) is 1.23. The summed E-state index contributed by atoms with van der Waals surface area (Å²) in [5.41, 5.74) is 2.25. The molecular formula is C24H24N4O4. The van der Waals surface area contributed by atoms with Crippen LogP contribution in [0.4, 0.5) is 0 Å². The molecule has 164 valence electrons. The Morgan fingerprint density at radius 1 is 0.969 bits per heavy atom. The Kier molecular flexibility index (Phi) is 5.36. The first-order valence-electron chi connectivity index (χ1n) is 10.6. The number of para-hydroxylation sites is 1. The number of piperazine rings is 1. The molecule has 1 saturated heterocycles. The lowest BCUT2D eigenvalue weighted by molar-refractivity contribution is 0.0619. The van der Waals surface area contributed by atoms with Crippen LogP contribution < -0.4 is 14.9 Å². The largest absolute Gasteiger partial charge is 0.454 e. The minimum atomic E-state index is -0.345. The molecule has 2 aromatic carbocycles. The Hall–Kier alpha value is -3.65. The van der Waals surface area contributed by atoms with Crippen molar-refractivity contribution in [2.45, 2.75) is 13.5 Å². The van der Waals surface area contributed by atoms with E-state index in [4.69, 9.17) is 9.47 Å². The molecule has 0 radical (unpaired) electrons. The number of nitrogens with zero attached hydrogens (tertiary/aromatic N) is 4. The fourth-order valence-electron chi connectivity index (χ4n) is 4.08. The van der Waals surface area contributed by atoms with Gasteiger partial charge in [-0.1, -0.05) is 24.3 Å². The van der Waals surface area contributed by atoms with Crippen molar-refractivity contribution in [3.63, 3.8) is 0 Å². The number of rotatable bonds is 4. The SMILES string of the molecule is Cc1cc(=O)c(C(=O)N2CCN(Cc3ccc4c(c3)OCO4)CC2)nn1-c1ccccc1. The van der Waals surface area contributed by atoms with Crippen molar-refractivity contribution in [1.82, 2.24) is 19.6 Å². The molecule has 0 atom stereocenters. The van der Waals surface area contributed by atoms with Gasteiger partial charge in [-0.25, -0.2) is 4.68 Å². The first-order chi connectivity index (χ1) is 15.6. The van der Waals surface area contributed by atoms with Gasteiger partial charge in [-0.15, -0.1) is 0 Å². The van der Waals surface area contributed by atoms with E-state index in [1.807, 2.05) is 55.5 Å². The van der Waals surface area contributed by atoms with E-state index in [9.17, 15) is 9.59 Å². The van der Waals surface area contributed by atoms with E-state index in [-0.39, 0.29) is 23.8 Å². The molecule has 3 heterocycles. The van der Waals surface area contributed by atoms with Crippen LogP contribution in [-0.2, 0) is 6.54 Å². The summed E-state index contributed by atoms with van der Waals surface area (Å²) < 4.78 is 12.5. The maximum Gasteiger partial charge on any atom is 0.278 e. The number of ether oxygens (including phenoxy) is 2. The van der Waals surface area contributed by atoms with Gasteiger partial charge in [0.15, 0.2) is 17.2 Å². The molecule has 3 aromatic rings. The smallest absolute Gasteiger partial charge is 0.278 e. The average Bonchev–Trinajstić information content (AvgIpc) is 3.28. The van der Waals surface area contributed by atoms with Gasteiger partial charge in [0.25, 0.3) is 5.91 Å². The number of aromatic nitrogens is 2. The average molecular weight is 432 g/mol. The second kappa shape index (κ2) is 8.47. The summed E-state index contributed by atoms with van der Waals surface area (Å²) in [4.78, 5) is 29.7. The highest BCUT2D eigenvalue weighted by Gasteiger charge is 2.26. The molecule has 32 heavy (non-hydrogen) atoms. The van der Waals surface area contributed by atoms with Gasteiger partial charge in [0.2, 0.25) is 12.2 Å². The number of hydrogen-bond donors (Lipinski definition) is 0. The maximum atomic E-state index is 13.1. The lowest BCUT2D eigenvalue weighted by atomic mass is 10.1. The number of carbonyl (C=O) groups excluding carboxylic acids is 1. The topological polar surface area (TPSA) is 76.9 Å². The predicted molar refractivity (Wildman–Crippen MR) is 118 cm³/mol. The van der Waals surface area contributed by atoms with Gasteiger partial charge >= 0.3 is 0 Å². The third-order valence-electron chi connectivity index (χ3n) is 5.81. The summed E-state index contributed by atoms with van der Waals surface area (Å²) >= 11 is 0. The number of aryl methyl sites for hydroxylation is 1. The molecular weight excluding hydrogens is 408 g/mol. The van der Waals surface area contributed by atoms with Crippen LogP contribution >= 0.6 is 0 Å². The van der Waals surface area contributed by atoms with Crippen molar-refractivity contribution in [2.75, 3.05) is 33.0 Å². The zero-order valence-electron chi connectivity index (χ0n) is 17.9. The third-order valence-corrected chi connectivity index (χ3v) is 5.81. The molecule has 0 N–H and O–H groups in total. The first kappa shape index (κ1) is 20.3. The number of carbonyl (C=O) groups is 1. The minimum Gasteiger partial charge on any atom is -0.454 e. The fraction of sp³-hybridized carbons (Fsp3) is 0.292. The highest BCUT2D eigenvalue weighted by molar-refractivity contribution is 5.92. The Balaban J connectivity index is 1.27. The third kappa shape index (κ3) is 3.97. The Morgan fingerprint density at radius 3 is 2.50 bits per heavy atom. The van der Waals surface area contributed by atoms with Crippen LogP contribution in [0.15, 0.2) is 59.4 Å². The lowest BCUT2D eigenvalue weighted by Crippen LogP contribution is -2.49. The van der Waals surface area contributed by atoms with Crippen LogP contribution in [0.2, 0.25) is 0 Å². The minimum absolute atomic E-state index is 0.0383. The number of fused-ring (bicyclic) bond motifs is 1. The molecule has 0 unspecified atom stereocenters. The van der Waals surface area contributed by atoms with Gasteiger partial charge in [-0.2, -0.15) is 5.10 Å². The van der Waals surface area contributed by atoms with E-state index in [1.54, 1.807) is 9.58 Å². The van der Waals surface area contributed by atoms with Crippen molar-refractivity contribution in [3.05, 3.63) is 81.8 Å². The molecule has 1 fully saturated rings. The molecule has 0 spiro atoms. The summed E-state index contributed by atoms with van der Waals surface area (Å²) in [5, 5.41) is 4.41. The summed E-state index contributed by atoms with van der Waals surface area (Å²) in [6, 6.07) is 16.9. The van der Waals surface area contributed by atoms with E-state index in [0.29, 0.717) is 18.8 Å². The molecule has 1 aromatic heterocycles. The number of hydrogen-bond acceptors (Lipinski definition) is 6. The summed E-state index contributed by atoms with van der Waals surface area (Å²) in [7, 11) is 0. The Bertz CT molecular complexity index is 1200. The van der Waals surface area contributed by atoms with E-state index >= 15 is 0 Å². The summed E-state index contributed by atoms with van der Waals surface area (Å²) in [6.45, 7) is 5.37.